The summed E-state index contributed by atoms with van der Waals surface area (Å²) in [6.07, 6.45) is 4.52. The molecule has 6 heteroatoms. The van der Waals surface area contributed by atoms with Crippen molar-refractivity contribution in [1.29, 1.82) is 0 Å². The quantitative estimate of drug-likeness (QED) is 0.155. The minimum atomic E-state index is -0.722. The van der Waals surface area contributed by atoms with Gasteiger partial charge in [-0.3, -0.25) is 0 Å². The van der Waals surface area contributed by atoms with Crippen LogP contribution in [0.15, 0.2) is 239 Å². The molecule has 2 atom stereocenters. The lowest BCUT2D eigenvalue weighted by Crippen LogP contribution is -2.68. The Hall–Kier alpha value is -9.52. The number of fused-ring (bicyclic) bond motifs is 9. The van der Waals surface area contributed by atoms with Gasteiger partial charge in [0.15, 0.2) is 11.2 Å². The van der Waals surface area contributed by atoms with Gasteiger partial charge in [0.25, 0.3) is 6.71 Å². The van der Waals surface area contributed by atoms with Gasteiger partial charge in [0.1, 0.15) is 11.2 Å². The van der Waals surface area contributed by atoms with E-state index in [1.807, 2.05) is 0 Å². The van der Waals surface area contributed by atoms with Gasteiger partial charge >= 0.3 is 0 Å². The summed E-state index contributed by atoms with van der Waals surface area (Å²) in [5.41, 5.74) is 26.6. The maximum atomic E-state index is 7.55. The average molecular weight is 1150 g/mol. The van der Waals surface area contributed by atoms with Crippen LogP contribution in [0.1, 0.15) is 120 Å². The van der Waals surface area contributed by atoms with Crippen LogP contribution in [0.4, 0.5) is 45.5 Å². The van der Waals surface area contributed by atoms with Crippen LogP contribution in [0.25, 0.3) is 55.0 Å². The number of anilines is 8. The molecule has 0 spiro atoms. The molecule has 432 valence electrons. The van der Waals surface area contributed by atoms with E-state index in [1.165, 1.54) is 84.3 Å². The van der Waals surface area contributed by atoms with E-state index in [1.54, 1.807) is 0 Å². The van der Waals surface area contributed by atoms with Crippen LogP contribution in [0.2, 0.25) is 0 Å². The minimum absolute atomic E-state index is 0.141. The Balaban J connectivity index is 1.01. The predicted octanol–water partition coefficient (Wildman–Crippen LogP) is 20.3. The highest BCUT2D eigenvalue weighted by Gasteiger charge is 2.60. The van der Waals surface area contributed by atoms with Crippen LogP contribution in [0, 0.1) is 0 Å². The van der Waals surface area contributed by atoms with Crippen molar-refractivity contribution >= 4 is 112 Å². The molecule has 18 rings (SSSR count). The molecule has 0 radical (unpaired) electrons. The van der Waals surface area contributed by atoms with E-state index >= 15 is 0 Å². The molecule has 0 bridgehead atoms. The highest BCUT2D eigenvalue weighted by molar-refractivity contribution is 7.01. The van der Waals surface area contributed by atoms with E-state index in [0.29, 0.717) is 0 Å². The second-order valence-electron chi connectivity index (χ2n) is 28.6. The summed E-state index contributed by atoms with van der Waals surface area (Å²) in [5, 5.41) is 4.48. The summed E-state index contributed by atoms with van der Waals surface area (Å²) in [7, 11) is 0. The fourth-order valence-corrected chi connectivity index (χ4v) is 17.8. The fourth-order valence-electron chi connectivity index (χ4n) is 17.8. The molecule has 0 saturated heterocycles. The van der Waals surface area contributed by atoms with Gasteiger partial charge in [0.2, 0.25) is 0 Å². The maximum Gasteiger partial charge on any atom is 0.253 e. The van der Waals surface area contributed by atoms with Crippen molar-refractivity contribution in [2.75, 3.05) is 14.7 Å². The van der Waals surface area contributed by atoms with Crippen molar-refractivity contribution in [2.24, 2.45) is 0 Å². The molecule has 4 aliphatic heterocycles. The molecular weight excluding hydrogens is 1080 g/mol. The normalized spacial score (nSPS) is 18.7. The smallest absolute Gasteiger partial charge is 0.253 e. The first-order chi connectivity index (χ1) is 43.2. The van der Waals surface area contributed by atoms with Crippen LogP contribution in [0.5, 0.6) is 0 Å². The molecule has 1 fully saturated rings. The van der Waals surface area contributed by atoms with Crippen LogP contribution in [-0.4, -0.2) is 12.3 Å². The fraction of sp³-hybridized carbons (Fsp3) is 0.205. The molecule has 2 aromatic heterocycles. The molecular formula is C83H70BN3O2. The van der Waals surface area contributed by atoms with Gasteiger partial charge in [0, 0.05) is 72.2 Å². The lowest BCUT2D eigenvalue weighted by Gasteiger charge is -2.53. The van der Waals surface area contributed by atoms with Crippen molar-refractivity contribution in [1.82, 2.24) is 0 Å². The Kier molecular flexibility index (Phi) is 10.8. The van der Waals surface area contributed by atoms with Crippen LogP contribution >= 0.6 is 0 Å². The first kappa shape index (κ1) is 52.6. The van der Waals surface area contributed by atoms with E-state index in [9.17, 15) is 0 Å². The summed E-state index contributed by atoms with van der Waals surface area (Å²) in [4.78, 5) is 8.06. The Morgan fingerprint density at radius 2 is 0.820 bits per heavy atom. The predicted molar refractivity (Wildman–Crippen MR) is 373 cm³/mol. The summed E-state index contributed by atoms with van der Waals surface area (Å²) < 4.78 is 15.1. The Bertz CT molecular complexity index is 4870. The SMILES string of the molecule is CC(C)(C)c1cccc2c1oc1c(N3c4cc(N5c6ccc(-c7ccccc7)cc6C6(C)CCCCC56C)cc5c4B4c6c3cccc6C(c3ccccc3)(c3ccccc3)c3cccc(c34)N5c3cccc4c3oc3c(C(C)(C)C)cccc34)cccc12. The summed E-state index contributed by atoms with van der Waals surface area (Å²) in [6.45, 7) is 18.8. The van der Waals surface area contributed by atoms with E-state index in [-0.39, 0.29) is 28.5 Å². The molecule has 0 N–H and O–H groups in total. The van der Waals surface area contributed by atoms with Crippen molar-refractivity contribution in [3.8, 4) is 11.1 Å². The number of hydrogen-bond acceptors (Lipinski definition) is 5. The summed E-state index contributed by atoms with van der Waals surface area (Å²) >= 11 is 0. The number of benzene rings is 11. The van der Waals surface area contributed by atoms with Gasteiger partial charge in [-0.25, -0.2) is 0 Å². The zero-order chi connectivity index (χ0) is 60.1. The van der Waals surface area contributed by atoms with E-state index in [4.69, 9.17) is 8.83 Å². The summed E-state index contributed by atoms with van der Waals surface area (Å²) in [6, 6.07) is 87.7. The number of rotatable bonds is 6. The first-order valence-electron chi connectivity index (χ1n) is 32.2. The third kappa shape index (κ3) is 6.93. The summed E-state index contributed by atoms with van der Waals surface area (Å²) in [5.74, 6) is 0. The molecule has 5 nitrogen and oxygen atoms in total. The number of furan rings is 2. The third-order valence-corrected chi connectivity index (χ3v) is 21.9. The van der Waals surface area contributed by atoms with Gasteiger partial charge in [-0.05, 0) is 134 Å². The highest BCUT2D eigenvalue weighted by Crippen LogP contribution is 2.63. The molecule has 11 aromatic carbocycles. The van der Waals surface area contributed by atoms with Crippen LogP contribution in [-0.2, 0) is 21.7 Å². The molecule has 6 heterocycles. The highest BCUT2D eigenvalue weighted by atomic mass is 16.3. The molecule has 13 aromatic rings. The Labute approximate surface area is 521 Å². The zero-order valence-electron chi connectivity index (χ0n) is 52.0. The monoisotopic (exact) mass is 1150 g/mol. The lowest BCUT2D eigenvalue weighted by molar-refractivity contribution is 0.195. The van der Waals surface area contributed by atoms with E-state index in [0.717, 1.165) is 97.3 Å². The number of para-hydroxylation sites is 4. The van der Waals surface area contributed by atoms with Gasteiger partial charge in [-0.2, -0.15) is 0 Å². The number of hydrogen-bond donors (Lipinski definition) is 0. The molecule has 2 unspecified atom stereocenters. The van der Waals surface area contributed by atoms with Crippen molar-refractivity contribution in [2.45, 2.75) is 108 Å². The first-order valence-corrected chi connectivity index (χ1v) is 32.2. The maximum absolute atomic E-state index is 7.55. The van der Waals surface area contributed by atoms with Crippen molar-refractivity contribution < 1.29 is 8.83 Å². The minimum Gasteiger partial charge on any atom is -0.454 e. The van der Waals surface area contributed by atoms with Gasteiger partial charge < -0.3 is 23.5 Å². The van der Waals surface area contributed by atoms with E-state index < -0.39 is 5.41 Å². The third-order valence-electron chi connectivity index (χ3n) is 21.9. The Morgan fingerprint density at radius 3 is 1.33 bits per heavy atom. The van der Waals surface area contributed by atoms with Crippen molar-refractivity contribution in [3.05, 3.63) is 269 Å². The molecule has 0 amide bonds. The molecule has 1 aliphatic carbocycles. The molecule has 5 aliphatic rings. The topological polar surface area (TPSA) is 36.0 Å². The van der Waals surface area contributed by atoms with Crippen LogP contribution in [0.3, 0.4) is 0 Å². The average Bonchev–Trinajstić information content (AvgIpc) is 0.934. The van der Waals surface area contributed by atoms with Gasteiger partial charge in [-0.15, -0.1) is 0 Å². The number of nitrogens with zero attached hydrogens (tertiary/aromatic N) is 3. The second kappa shape index (κ2) is 18.3. The Morgan fingerprint density at radius 1 is 0.371 bits per heavy atom. The zero-order valence-corrected chi connectivity index (χ0v) is 52.0. The standard InChI is InChI=1S/C83H70BN3O2/c1-79(2,3)62-38-20-32-56-58-34-22-42-68(77(58)88-75(56)62)85-66-40-24-36-60-72(66)84-73-61(83(60,53-28-14-10-15-29-53)54-30-16-11-17-31-54)37-25-41-67(73)86(69-43-23-35-59-57-33-21-39-63(80(4,5)6)76(57)89-78(59)69)71-50-55(49-70(85)74(71)84)87-65-45-44-52(51-26-12-9-13-27-51)48-64(65)81(7)46-18-19-47-82(81,87)8/h9-17,20-45,48-50H,18-19,46-47H2,1-8H3. The van der Waals surface area contributed by atoms with Crippen LogP contribution < -0.4 is 31.1 Å². The molecule has 1 saturated carbocycles. The van der Waals surface area contributed by atoms with Gasteiger partial charge in [0.05, 0.1) is 22.3 Å². The largest absolute Gasteiger partial charge is 0.454 e. The second-order valence-corrected chi connectivity index (χ2v) is 28.6. The lowest BCUT2D eigenvalue weighted by atomic mass is 9.28. The van der Waals surface area contributed by atoms with Gasteiger partial charge in [-0.1, -0.05) is 243 Å². The van der Waals surface area contributed by atoms with Crippen molar-refractivity contribution in [3.63, 3.8) is 0 Å². The molecule has 89 heavy (non-hydrogen) atoms. The van der Waals surface area contributed by atoms with E-state index in [2.05, 4.69) is 301 Å².